The Hall–Kier alpha value is -1.53. The molecule has 0 bridgehead atoms. The van der Waals surface area contributed by atoms with Crippen molar-refractivity contribution in [1.82, 2.24) is 9.19 Å². The molecule has 0 aliphatic carbocycles. The first-order chi connectivity index (χ1) is 9.23. The van der Waals surface area contributed by atoms with Crippen LogP contribution in [0.3, 0.4) is 0 Å². The molecule has 7 heteroatoms. The first-order valence-electron chi connectivity index (χ1n) is 6.08. The van der Waals surface area contributed by atoms with Crippen LogP contribution in [0.4, 0.5) is 5.69 Å². The molecular weight excluding hydrogens is 298 g/mol. The standard InChI is InChI=1S/C13H16ClN3O2S/c1-8(2)20(18,19)17-7-10(6-16-17)11-4-9(3)13(15)5-12(11)14/h4-8H,15H2,1-3H3. The Kier molecular flexibility index (Phi) is 3.80. The fraction of sp³-hybridized carbons (Fsp3) is 0.308. The monoisotopic (exact) mass is 313 g/mol. The van der Waals surface area contributed by atoms with Gasteiger partial charge in [0, 0.05) is 16.8 Å². The van der Waals surface area contributed by atoms with Crippen molar-refractivity contribution in [3.8, 4) is 11.1 Å². The summed E-state index contributed by atoms with van der Waals surface area (Å²) >= 11 is 6.16. The number of aryl methyl sites for hydroxylation is 1. The molecule has 0 fully saturated rings. The number of nitrogen functional groups attached to an aromatic ring is 1. The summed E-state index contributed by atoms with van der Waals surface area (Å²) in [6.07, 6.45) is 2.95. The SMILES string of the molecule is Cc1cc(-c2cnn(S(=O)(=O)C(C)C)c2)c(Cl)cc1N. The van der Waals surface area contributed by atoms with E-state index in [0.29, 0.717) is 21.8 Å². The summed E-state index contributed by atoms with van der Waals surface area (Å²) in [4.78, 5) is 0. The minimum Gasteiger partial charge on any atom is -0.398 e. The quantitative estimate of drug-likeness (QED) is 0.884. The molecule has 108 valence electrons. The predicted octanol–water partition coefficient (Wildman–Crippen LogP) is 2.68. The Morgan fingerprint density at radius 3 is 2.60 bits per heavy atom. The number of nitrogens with two attached hydrogens (primary N) is 1. The highest BCUT2D eigenvalue weighted by Gasteiger charge is 2.20. The average molecular weight is 314 g/mol. The van der Waals surface area contributed by atoms with Crippen molar-refractivity contribution in [3.05, 3.63) is 35.1 Å². The van der Waals surface area contributed by atoms with Gasteiger partial charge in [-0.2, -0.15) is 9.19 Å². The number of rotatable bonds is 3. The maximum absolute atomic E-state index is 12.0. The predicted molar refractivity (Wildman–Crippen MR) is 81.3 cm³/mol. The van der Waals surface area contributed by atoms with Gasteiger partial charge in [0.15, 0.2) is 0 Å². The van der Waals surface area contributed by atoms with Gasteiger partial charge < -0.3 is 5.73 Å². The summed E-state index contributed by atoms with van der Waals surface area (Å²) < 4.78 is 25.0. The molecule has 0 unspecified atom stereocenters. The molecule has 0 spiro atoms. The molecule has 20 heavy (non-hydrogen) atoms. The van der Waals surface area contributed by atoms with Crippen LogP contribution in [0.2, 0.25) is 5.02 Å². The third kappa shape index (κ3) is 2.53. The topological polar surface area (TPSA) is 78.0 Å². The van der Waals surface area contributed by atoms with Crippen molar-refractivity contribution >= 4 is 27.3 Å². The first-order valence-corrected chi connectivity index (χ1v) is 7.96. The van der Waals surface area contributed by atoms with Gasteiger partial charge in [0.05, 0.1) is 22.7 Å². The van der Waals surface area contributed by atoms with E-state index in [9.17, 15) is 8.42 Å². The second-order valence-electron chi connectivity index (χ2n) is 4.88. The number of hydrogen-bond acceptors (Lipinski definition) is 4. The van der Waals surface area contributed by atoms with Gasteiger partial charge in [-0.05, 0) is 38.5 Å². The largest absolute Gasteiger partial charge is 0.398 e. The summed E-state index contributed by atoms with van der Waals surface area (Å²) in [6, 6.07) is 3.47. The third-order valence-corrected chi connectivity index (χ3v) is 5.31. The van der Waals surface area contributed by atoms with E-state index in [4.69, 9.17) is 17.3 Å². The molecule has 2 aromatic rings. The molecule has 1 aromatic heterocycles. The van der Waals surface area contributed by atoms with Gasteiger partial charge in [-0.15, -0.1) is 0 Å². The summed E-state index contributed by atoms with van der Waals surface area (Å²) in [5, 5.41) is 3.84. The lowest BCUT2D eigenvalue weighted by molar-refractivity contribution is 0.571. The van der Waals surface area contributed by atoms with E-state index in [-0.39, 0.29) is 0 Å². The van der Waals surface area contributed by atoms with Gasteiger partial charge in [-0.1, -0.05) is 11.6 Å². The Morgan fingerprint density at radius 2 is 2.00 bits per heavy atom. The minimum absolute atomic E-state index is 0.467. The van der Waals surface area contributed by atoms with Crippen molar-refractivity contribution in [2.45, 2.75) is 26.0 Å². The van der Waals surface area contributed by atoms with Crippen LogP contribution in [-0.2, 0) is 10.0 Å². The minimum atomic E-state index is -3.46. The molecule has 0 saturated carbocycles. The van der Waals surface area contributed by atoms with E-state index in [1.54, 1.807) is 19.9 Å². The highest BCUT2D eigenvalue weighted by molar-refractivity contribution is 7.90. The number of benzene rings is 1. The van der Waals surface area contributed by atoms with Crippen LogP contribution in [0.1, 0.15) is 19.4 Å². The number of hydrogen-bond donors (Lipinski definition) is 1. The van der Waals surface area contributed by atoms with E-state index >= 15 is 0 Å². The lowest BCUT2D eigenvalue weighted by Gasteiger charge is -2.07. The van der Waals surface area contributed by atoms with E-state index < -0.39 is 15.3 Å². The summed E-state index contributed by atoms with van der Waals surface area (Å²) in [7, 11) is -3.46. The highest BCUT2D eigenvalue weighted by atomic mass is 35.5. The summed E-state index contributed by atoms with van der Waals surface area (Å²) in [5.41, 5.74) is 8.61. The number of aromatic nitrogens is 2. The highest BCUT2D eigenvalue weighted by Crippen LogP contribution is 2.31. The third-order valence-electron chi connectivity index (χ3n) is 3.08. The Balaban J connectivity index is 2.52. The first kappa shape index (κ1) is 14.9. The van der Waals surface area contributed by atoms with Gasteiger partial charge in [0.25, 0.3) is 10.0 Å². The normalized spacial score (nSPS) is 12.1. The molecule has 0 aliphatic rings. The van der Waals surface area contributed by atoms with Gasteiger partial charge in [-0.3, -0.25) is 0 Å². The van der Waals surface area contributed by atoms with E-state index in [1.807, 2.05) is 13.0 Å². The Labute approximate surface area is 123 Å². The van der Waals surface area contributed by atoms with Crippen LogP contribution in [-0.4, -0.2) is 22.9 Å². The Morgan fingerprint density at radius 1 is 1.35 bits per heavy atom. The zero-order valence-electron chi connectivity index (χ0n) is 11.5. The molecule has 0 saturated heterocycles. The van der Waals surface area contributed by atoms with E-state index in [0.717, 1.165) is 9.65 Å². The number of anilines is 1. The zero-order chi connectivity index (χ0) is 15.1. The van der Waals surface area contributed by atoms with E-state index in [2.05, 4.69) is 5.10 Å². The van der Waals surface area contributed by atoms with Crippen molar-refractivity contribution in [2.24, 2.45) is 0 Å². The van der Waals surface area contributed by atoms with Crippen molar-refractivity contribution in [2.75, 3.05) is 5.73 Å². The van der Waals surface area contributed by atoms with Crippen LogP contribution in [0.5, 0.6) is 0 Å². The van der Waals surface area contributed by atoms with Crippen LogP contribution < -0.4 is 5.73 Å². The second kappa shape index (κ2) is 5.10. The maximum atomic E-state index is 12.0. The smallest absolute Gasteiger partial charge is 0.256 e. The molecule has 0 atom stereocenters. The maximum Gasteiger partial charge on any atom is 0.256 e. The van der Waals surface area contributed by atoms with Crippen LogP contribution in [0, 0.1) is 6.92 Å². The fourth-order valence-corrected chi connectivity index (χ4v) is 2.87. The van der Waals surface area contributed by atoms with Gasteiger partial charge >= 0.3 is 0 Å². The molecule has 0 aliphatic heterocycles. The lowest BCUT2D eigenvalue weighted by Crippen LogP contribution is -2.22. The molecule has 5 nitrogen and oxygen atoms in total. The average Bonchev–Trinajstić information content (AvgIpc) is 2.83. The molecule has 1 heterocycles. The molecule has 1 aromatic carbocycles. The molecule has 0 radical (unpaired) electrons. The van der Waals surface area contributed by atoms with Gasteiger partial charge in [-0.25, -0.2) is 8.42 Å². The van der Waals surface area contributed by atoms with Crippen LogP contribution in [0.15, 0.2) is 24.5 Å². The zero-order valence-corrected chi connectivity index (χ0v) is 13.0. The fourth-order valence-electron chi connectivity index (χ4n) is 1.72. The summed E-state index contributed by atoms with van der Waals surface area (Å²) in [6.45, 7) is 5.08. The van der Waals surface area contributed by atoms with Crippen molar-refractivity contribution in [1.29, 1.82) is 0 Å². The molecule has 0 amide bonds. The van der Waals surface area contributed by atoms with E-state index in [1.165, 1.54) is 12.4 Å². The molecule has 2 rings (SSSR count). The van der Waals surface area contributed by atoms with Crippen molar-refractivity contribution in [3.63, 3.8) is 0 Å². The number of halogens is 1. The number of nitrogens with zero attached hydrogens (tertiary/aromatic N) is 2. The molecular formula is C13H16ClN3O2S. The van der Waals surface area contributed by atoms with Crippen LogP contribution >= 0.6 is 11.6 Å². The molecule has 2 N–H and O–H groups in total. The van der Waals surface area contributed by atoms with Crippen LogP contribution in [0.25, 0.3) is 11.1 Å². The second-order valence-corrected chi connectivity index (χ2v) is 7.64. The van der Waals surface area contributed by atoms with Gasteiger partial charge in [0.2, 0.25) is 0 Å². The summed E-state index contributed by atoms with van der Waals surface area (Å²) in [5.74, 6) is 0. The van der Waals surface area contributed by atoms with Crippen molar-refractivity contribution < 1.29 is 8.42 Å². The van der Waals surface area contributed by atoms with Gasteiger partial charge in [0.1, 0.15) is 0 Å². The lowest BCUT2D eigenvalue weighted by atomic mass is 10.1. The Bertz CT molecular complexity index is 751.